The SMILES string of the molecule is COC(=O)[C@@H](C)Nc1cc(Cl)cc(Cl)c1. The van der Waals surface area contributed by atoms with Crippen LogP contribution in [0, 0.1) is 0 Å². The molecule has 5 heteroatoms. The van der Waals surface area contributed by atoms with Crippen molar-refractivity contribution >= 4 is 34.9 Å². The van der Waals surface area contributed by atoms with Crippen LogP contribution in [0.25, 0.3) is 0 Å². The largest absolute Gasteiger partial charge is 0.467 e. The van der Waals surface area contributed by atoms with E-state index in [1.807, 2.05) is 0 Å². The molecule has 0 saturated heterocycles. The first-order chi connectivity index (χ1) is 7.02. The maximum absolute atomic E-state index is 11.1. The number of carbonyl (C=O) groups excluding carboxylic acids is 1. The van der Waals surface area contributed by atoms with Crippen molar-refractivity contribution in [2.45, 2.75) is 13.0 Å². The van der Waals surface area contributed by atoms with Crippen LogP contribution >= 0.6 is 23.2 Å². The van der Waals surface area contributed by atoms with Gasteiger partial charge in [0, 0.05) is 15.7 Å². The van der Waals surface area contributed by atoms with Gasteiger partial charge >= 0.3 is 5.97 Å². The molecular weight excluding hydrogens is 237 g/mol. The van der Waals surface area contributed by atoms with Crippen LogP contribution in [0.3, 0.4) is 0 Å². The highest BCUT2D eigenvalue weighted by molar-refractivity contribution is 6.35. The molecule has 0 spiro atoms. The molecule has 0 unspecified atom stereocenters. The van der Waals surface area contributed by atoms with Crippen LogP contribution in [-0.4, -0.2) is 19.1 Å². The molecule has 1 N–H and O–H groups in total. The van der Waals surface area contributed by atoms with E-state index in [0.29, 0.717) is 15.7 Å². The predicted molar refractivity (Wildman–Crippen MR) is 61.6 cm³/mol. The second-order valence-electron chi connectivity index (χ2n) is 3.05. The van der Waals surface area contributed by atoms with E-state index in [1.165, 1.54) is 7.11 Å². The highest BCUT2D eigenvalue weighted by Gasteiger charge is 2.12. The minimum Gasteiger partial charge on any atom is -0.467 e. The van der Waals surface area contributed by atoms with E-state index in [-0.39, 0.29) is 5.97 Å². The van der Waals surface area contributed by atoms with E-state index in [9.17, 15) is 4.79 Å². The highest BCUT2D eigenvalue weighted by Crippen LogP contribution is 2.22. The molecule has 1 rings (SSSR count). The van der Waals surface area contributed by atoms with Crippen LogP contribution in [0.5, 0.6) is 0 Å². The molecule has 0 radical (unpaired) electrons. The average molecular weight is 248 g/mol. The van der Waals surface area contributed by atoms with Crippen molar-refractivity contribution in [3.63, 3.8) is 0 Å². The molecule has 0 saturated carbocycles. The summed E-state index contributed by atoms with van der Waals surface area (Å²) in [4.78, 5) is 11.1. The topological polar surface area (TPSA) is 38.3 Å². The summed E-state index contributed by atoms with van der Waals surface area (Å²) in [6.45, 7) is 1.70. The van der Waals surface area contributed by atoms with Crippen molar-refractivity contribution in [1.29, 1.82) is 0 Å². The molecule has 0 amide bonds. The summed E-state index contributed by atoms with van der Waals surface area (Å²) in [7, 11) is 1.34. The van der Waals surface area contributed by atoms with E-state index < -0.39 is 6.04 Å². The molecule has 0 aliphatic heterocycles. The Morgan fingerprint density at radius 3 is 2.33 bits per heavy atom. The number of hydrogen-bond acceptors (Lipinski definition) is 3. The lowest BCUT2D eigenvalue weighted by molar-refractivity contribution is -0.141. The van der Waals surface area contributed by atoms with Crippen molar-refractivity contribution in [1.82, 2.24) is 0 Å². The van der Waals surface area contributed by atoms with Crippen molar-refractivity contribution in [3.05, 3.63) is 28.2 Å². The zero-order valence-electron chi connectivity index (χ0n) is 8.38. The Labute approximate surface area is 98.3 Å². The summed E-state index contributed by atoms with van der Waals surface area (Å²) in [5, 5.41) is 3.96. The van der Waals surface area contributed by atoms with Gasteiger partial charge in [-0.1, -0.05) is 23.2 Å². The fourth-order valence-electron chi connectivity index (χ4n) is 1.12. The highest BCUT2D eigenvalue weighted by atomic mass is 35.5. The summed E-state index contributed by atoms with van der Waals surface area (Å²) in [6.07, 6.45) is 0. The standard InChI is InChI=1S/C10H11Cl2NO2/c1-6(10(14)15-2)13-9-4-7(11)3-8(12)5-9/h3-6,13H,1-2H3/t6-/m1/s1. The Morgan fingerprint density at radius 1 is 1.33 bits per heavy atom. The maximum atomic E-state index is 11.1. The predicted octanol–water partition coefficient (Wildman–Crippen LogP) is 2.97. The Hall–Kier alpha value is -0.930. The summed E-state index contributed by atoms with van der Waals surface area (Å²) < 4.78 is 4.58. The van der Waals surface area contributed by atoms with E-state index in [1.54, 1.807) is 25.1 Å². The second-order valence-corrected chi connectivity index (χ2v) is 3.92. The number of esters is 1. The van der Waals surface area contributed by atoms with Gasteiger partial charge in [0.2, 0.25) is 0 Å². The third-order valence-corrected chi connectivity index (χ3v) is 2.24. The molecule has 0 aliphatic carbocycles. The van der Waals surface area contributed by atoms with Crippen LogP contribution in [0.2, 0.25) is 10.0 Å². The number of benzene rings is 1. The van der Waals surface area contributed by atoms with Gasteiger partial charge in [0.25, 0.3) is 0 Å². The van der Waals surface area contributed by atoms with E-state index in [4.69, 9.17) is 23.2 Å². The molecular formula is C10H11Cl2NO2. The quantitative estimate of drug-likeness (QED) is 0.835. The smallest absolute Gasteiger partial charge is 0.327 e. The number of anilines is 1. The number of ether oxygens (including phenoxy) is 1. The number of rotatable bonds is 3. The molecule has 0 fully saturated rings. The van der Waals surface area contributed by atoms with Crippen LogP contribution in [0.1, 0.15) is 6.92 Å². The molecule has 0 bridgehead atoms. The summed E-state index contributed by atoms with van der Waals surface area (Å²) in [5.74, 6) is -0.342. The Balaban J connectivity index is 2.76. The summed E-state index contributed by atoms with van der Waals surface area (Å²) in [6, 6.07) is 4.56. The Morgan fingerprint density at radius 2 is 1.87 bits per heavy atom. The lowest BCUT2D eigenvalue weighted by Crippen LogP contribution is -2.27. The van der Waals surface area contributed by atoms with Crippen LogP contribution < -0.4 is 5.32 Å². The van der Waals surface area contributed by atoms with Crippen molar-refractivity contribution in [2.24, 2.45) is 0 Å². The lowest BCUT2D eigenvalue weighted by Gasteiger charge is -2.13. The lowest BCUT2D eigenvalue weighted by atomic mass is 10.2. The molecule has 0 heterocycles. The van der Waals surface area contributed by atoms with Crippen LogP contribution in [0.15, 0.2) is 18.2 Å². The van der Waals surface area contributed by atoms with Gasteiger partial charge in [0.05, 0.1) is 7.11 Å². The van der Waals surface area contributed by atoms with Crippen molar-refractivity contribution < 1.29 is 9.53 Å². The van der Waals surface area contributed by atoms with Gasteiger partial charge in [0.1, 0.15) is 6.04 Å². The molecule has 0 aromatic heterocycles. The normalized spacial score (nSPS) is 12.0. The first-order valence-electron chi connectivity index (χ1n) is 4.33. The summed E-state index contributed by atoms with van der Waals surface area (Å²) >= 11 is 11.6. The Bertz CT molecular complexity index is 348. The van der Waals surface area contributed by atoms with Gasteiger partial charge < -0.3 is 10.1 Å². The zero-order chi connectivity index (χ0) is 11.4. The summed E-state index contributed by atoms with van der Waals surface area (Å²) in [5.41, 5.74) is 0.686. The second kappa shape index (κ2) is 5.24. The van der Waals surface area contributed by atoms with Gasteiger partial charge in [-0.05, 0) is 25.1 Å². The third-order valence-electron chi connectivity index (χ3n) is 1.80. The van der Waals surface area contributed by atoms with E-state index in [2.05, 4.69) is 10.1 Å². The van der Waals surface area contributed by atoms with Crippen LogP contribution in [-0.2, 0) is 9.53 Å². The molecule has 1 aromatic carbocycles. The number of hydrogen-bond donors (Lipinski definition) is 1. The van der Waals surface area contributed by atoms with E-state index >= 15 is 0 Å². The number of methoxy groups -OCH3 is 1. The van der Waals surface area contributed by atoms with Crippen molar-refractivity contribution in [2.75, 3.05) is 12.4 Å². The first-order valence-corrected chi connectivity index (χ1v) is 5.09. The average Bonchev–Trinajstić information content (AvgIpc) is 2.14. The Kier molecular flexibility index (Phi) is 4.24. The molecule has 82 valence electrons. The zero-order valence-corrected chi connectivity index (χ0v) is 9.89. The number of carbonyl (C=O) groups is 1. The fourth-order valence-corrected chi connectivity index (χ4v) is 1.65. The van der Waals surface area contributed by atoms with Gasteiger partial charge in [0.15, 0.2) is 0 Å². The van der Waals surface area contributed by atoms with Crippen molar-refractivity contribution in [3.8, 4) is 0 Å². The number of nitrogens with one attached hydrogen (secondary N) is 1. The van der Waals surface area contributed by atoms with Gasteiger partial charge in [-0.15, -0.1) is 0 Å². The van der Waals surface area contributed by atoms with Gasteiger partial charge in [-0.2, -0.15) is 0 Å². The molecule has 3 nitrogen and oxygen atoms in total. The fraction of sp³-hybridized carbons (Fsp3) is 0.300. The minimum absolute atomic E-state index is 0.342. The third kappa shape index (κ3) is 3.61. The molecule has 1 aromatic rings. The van der Waals surface area contributed by atoms with Crippen LogP contribution in [0.4, 0.5) is 5.69 Å². The first kappa shape index (κ1) is 12.1. The molecule has 1 atom stereocenters. The minimum atomic E-state index is -0.440. The monoisotopic (exact) mass is 247 g/mol. The van der Waals surface area contributed by atoms with Gasteiger partial charge in [-0.25, -0.2) is 4.79 Å². The molecule has 15 heavy (non-hydrogen) atoms. The molecule has 0 aliphatic rings. The number of halogens is 2. The van der Waals surface area contributed by atoms with Gasteiger partial charge in [-0.3, -0.25) is 0 Å². The van der Waals surface area contributed by atoms with E-state index in [0.717, 1.165) is 0 Å². The maximum Gasteiger partial charge on any atom is 0.327 e.